The van der Waals surface area contributed by atoms with E-state index < -0.39 is 8.07 Å². The molecule has 0 aliphatic heterocycles. The zero-order chi connectivity index (χ0) is 27.5. The van der Waals surface area contributed by atoms with Crippen molar-refractivity contribution in [2.24, 2.45) is 7.05 Å². The van der Waals surface area contributed by atoms with E-state index in [1.807, 2.05) is 18.2 Å². The van der Waals surface area contributed by atoms with Crippen LogP contribution in [0.15, 0.2) is 95.5 Å². The topological polar surface area (TPSA) is 17.0 Å². The molecule has 2 aromatic heterocycles. The van der Waals surface area contributed by atoms with Gasteiger partial charge in [0, 0.05) is 22.4 Å². The number of halogens is 1. The first-order chi connectivity index (χ1) is 18.7. The van der Waals surface area contributed by atoms with Crippen LogP contribution in [0.5, 0.6) is 0 Å². The van der Waals surface area contributed by atoms with Gasteiger partial charge in [0.1, 0.15) is 32.1 Å². The van der Waals surface area contributed by atoms with Crippen LogP contribution >= 0.6 is 0 Å². The number of aromatic nitrogens is 1. The van der Waals surface area contributed by atoms with Crippen molar-refractivity contribution >= 4 is 40.4 Å². The second-order valence-electron chi connectivity index (χ2n) is 11.2. The molecule has 0 saturated carbocycles. The largest absolute Gasteiger partial charge is 0.454 e. The Bertz CT molecular complexity index is 1870. The lowest BCUT2D eigenvalue weighted by atomic mass is 9.98. The summed E-state index contributed by atoms with van der Waals surface area (Å²) in [4.78, 5) is 0. The number of benzene rings is 4. The standard InChI is InChI=1S/C35H33FNOSi/c1-22-12-17-28-29-18-19-30(36)33(25-13-15-27(16-14-25)39(5,6)26-10-8-7-9-11-26)35(29)38-34(28)32(22)31-20-23(2)24(3)21-37(31)4/h7-21H,1-6H3/q+1. The van der Waals surface area contributed by atoms with E-state index in [0.717, 1.165) is 38.7 Å². The number of hydrogen-bond donors (Lipinski definition) is 0. The van der Waals surface area contributed by atoms with E-state index in [-0.39, 0.29) is 5.82 Å². The molecule has 0 amide bonds. The summed E-state index contributed by atoms with van der Waals surface area (Å²) in [7, 11) is 0.207. The van der Waals surface area contributed by atoms with Crippen LogP contribution in [0.3, 0.4) is 0 Å². The molecule has 0 aliphatic carbocycles. The predicted molar refractivity (Wildman–Crippen MR) is 163 cm³/mol. The van der Waals surface area contributed by atoms with Gasteiger partial charge in [-0.15, -0.1) is 0 Å². The number of aryl methyl sites for hydroxylation is 4. The molecule has 4 heteroatoms. The fourth-order valence-corrected chi connectivity index (χ4v) is 8.13. The number of hydrogen-bond acceptors (Lipinski definition) is 1. The van der Waals surface area contributed by atoms with Crippen molar-refractivity contribution in [1.82, 2.24) is 0 Å². The van der Waals surface area contributed by atoms with Crippen LogP contribution in [0.4, 0.5) is 4.39 Å². The fourth-order valence-electron chi connectivity index (χ4n) is 5.77. The van der Waals surface area contributed by atoms with E-state index in [1.165, 1.54) is 21.5 Å². The second kappa shape index (κ2) is 9.32. The zero-order valence-electron chi connectivity index (χ0n) is 23.4. The molecule has 2 heterocycles. The first-order valence-corrected chi connectivity index (χ1v) is 16.4. The highest BCUT2D eigenvalue weighted by atomic mass is 28.3. The molecule has 6 rings (SSSR count). The van der Waals surface area contributed by atoms with Crippen molar-refractivity contribution < 1.29 is 13.4 Å². The third-order valence-corrected chi connectivity index (χ3v) is 11.9. The third-order valence-electron chi connectivity index (χ3n) is 8.36. The van der Waals surface area contributed by atoms with Gasteiger partial charge in [0.05, 0.1) is 11.1 Å². The average molecular weight is 531 g/mol. The molecule has 0 unspecified atom stereocenters. The van der Waals surface area contributed by atoms with E-state index in [4.69, 9.17) is 4.42 Å². The Morgan fingerprint density at radius 2 is 1.28 bits per heavy atom. The Balaban J connectivity index is 1.54. The van der Waals surface area contributed by atoms with Crippen LogP contribution in [0, 0.1) is 26.6 Å². The molecule has 0 saturated heterocycles. The van der Waals surface area contributed by atoms with Gasteiger partial charge < -0.3 is 4.42 Å². The summed E-state index contributed by atoms with van der Waals surface area (Å²) in [6, 6.07) is 29.0. The van der Waals surface area contributed by atoms with E-state index in [9.17, 15) is 0 Å². The van der Waals surface area contributed by atoms with Gasteiger partial charge >= 0.3 is 0 Å². The van der Waals surface area contributed by atoms with Crippen LogP contribution in [0.1, 0.15) is 16.7 Å². The van der Waals surface area contributed by atoms with Gasteiger partial charge in [0.2, 0.25) is 5.69 Å². The Hall–Kier alpha value is -4.02. The molecule has 0 N–H and O–H groups in total. The Morgan fingerprint density at radius 1 is 0.667 bits per heavy atom. The molecule has 0 spiro atoms. The second-order valence-corrected chi connectivity index (χ2v) is 15.6. The molecule has 0 fully saturated rings. The summed E-state index contributed by atoms with van der Waals surface area (Å²) in [5.74, 6) is -0.274. The molecule has 194 valence electrons. The predicted octanol–water partition coefficient (Wildman–Crippen LogP) is 7.63. The minimum atomic E-state index is -1.86. The van der Waals surface area contributed by atoms with Gasteiger partial charge in [-0.1, -0.05) is 90.2 Å². The van der Waals surface area contributed by atoms with Gasteiger partial charge in [0.15, 0.2) is 6.20 Å². The Kier molecular flexibility index (Phi) is 6.04. The lowest BCUT2D eigenvalue weighted by Crippen LogP contribution is -2.52. The van der Waals surface area contributed by atoms with Crippen molar-refractivity contribution in [3.05, 3.63) is 114 Å². The SMILES string of the molecule is Cc1cc(-c2c(C)ccc3c2oc2c(-c4ccc([Si](C)(C)c5ccccc5)cc4)c(F)ccc23)[n+](C)cc1C. The molecule has 39 heavy (non-hydrogen) atoms. The summed E-state index contributed by atoms with van der Waals surface area (Å²) in [6.07, 6.45) is 2.15. The number of pyridine rings is 1. The summed E-state index contributed by atoms with van der Waals surface area (Å²) in [5, 5.41) is 4.62. The lowest BCUT2D eigenvalue weighted by Gasteiger charge is -2.24. The number of furan rings is 1. The molecule has 6 aromatic rings. The van der Waals surface area contributed by atoms with Gasteiger partial charge in [-0.3, -0.25) is 0 Å². The first-order valence-electron chi connectivity index (χ1n) is 13.4. The highest BCUT2D eigenvalue weighted by Crippen LogP contribution is 2.41. The summed E-state index contributed by atoms with van der Waals surface area (Å²) < 4.78 is 24.3. The van der Waals surface area contributed by atoms with E-state index in [1.54, 1.807) is 6.07 Å². The van der Waals surface area contributed by atoms with Gasteiger partial charge in [0.25, 0.3) is 0 Å². The van der Waals surface area contributed by atoms with Crippen LogP contribution in [0.25, 0.3) is 44.3 Å². The summed E-state index contributed by atoms with van der Waals surface area (Å²) in [5.41, 5.74) is 8.45. The maximum atomic E-state index is 15.5. The molecule has 0 bridgehead atoms. The van der Waals surface area contributed by atoms with Crippen LogP contribution in [-0.2, 0) is 7.05 Å². The monoisotopic (exact) mass is 530 g/mol. The summed E-state index contributed by atoms with van der Waals surface area (Å²) >= 11 is 0. The van der Waals surface area contributed by atoms with Crippen molar-refractivity contribution in [3.8, 4) is 22.4 Å². The molecular formula is C35H33FNOSi+. The van der Waals surface area contributed by atoms with E-state index in [2.05, 4.69) is 112 Å². The smallest absolute Gasteiger partial charge is 0.216 e. The molecular weight excluding hydrogens is 497 g/mol. The number of nitrogens with zero attached hydrogens (tertiary/aromatic N) is 1. The van der Waals surface area contributed by atoms with Crippen molar-refractivity contribution in [1.29, 1.82) is 0 Å². The minimum absolute atomic E-state index is 0.274. The molecule has 4 aromatic carbocycles. The first kappa shape index (κ1) is 25.3. The lowest BCUT2D eigenvalue weighted by molar-refractivity contribution is -0.660. The summed E-state index contributed by atoms with van der Waals surface area (Å²) in [6.45, 7) is 11.1. The Morgan fingerprint density at radius 3 is 1.97 bits per heavy atom. The number of fused-ring (bicyclic) bond motifs is 3. The van der Waals surface area contributed by atoms with Crippen LogP contribution < -0.4 is 14.9 Å². The van der Waals surface area contributed by atoms with Gasteiger partial charge in [-0.2, -0.15) is 0 Å². The van der Waals surface area contributed by atoms with Gasteiger partial charge in [-0.05, 0) is 49.6 Å². The quantitative estimate of drug-likeness (QED) is 0.169. The molecule has 0 radical (unpaired) electrons. The maximum Gasteiger partial charge on any atom is 0.216 e. The minimum Gasteiger partial charge on any atom is -0.454 e. The van der Waals surface area contributed by atoms with E-state index in [0.29, 0.717) is 11.1 Å². The molecule has 2 nitrogen and oxygen atoms in total. The highest BCUT2D eigenvalue weighted by molar-refractivity contribution is 7.00. The van der Waals surface area contributed by atoms with Crippen molar-refractivity contribution in [2.75, 3.05) is 0 Å². The Labute approximate surface area is 230 Å². The molecule has 0 aliphatic rings. The fraction of sp³-hybridized carbons (Fsp3) is 0.171. The van der Waals surface area contributed by atoms with Crippen molar-refractivity contribution in [3.63, 3.8) is 0 Å². The van der Waals surface area contributed by atoms with Crippen molar-refractivity contribution in [2.45, 2.75) is 33.9 Å². The number of rotatable bonds is 4. The van der Waals surface area contributed by atoms with Gasteiger partial charge in [-0.25, -0.2) is 8.96 Å². The van der Waals surface area contributed by atoms with E-state index >= 15 is 4.39 Å². The van der Waals surface area contributed by atoms with Crippen LogP contribution in [0.2, 0.25) is 13.1 Å². The maximum absolute atomic E-state index is 15.5. The normalized spacial score (nSPS) is 12.0. The third kappa shape index (κ3) is 4.11. The highest BCUT2D eigenvalue weighted by Gasteiger charge is 2.27. The average Bonchev–Trinajstić information content (AvgIpc) is 3.30. The molecule has 0 atom stereocenters. The van der Waals surface area contributed by atoms with Crippen LogP contribution in [-0.4, -0.2) is 8.07 Å². The zero-order valence-corrected chi connectivity index (χ0v) is 24.4.